The first-order chi connectivity index (χ1) is 19.2. The second kappa shape index (κ2) is 11.8. The Morgan fingerprint density at radius 3 is 2.64 bits per heavy atom. The van der Waals surface area contributed by atoms with Crippen LogP contribution in [0.2, 0.25) is 0 Å². The van der Waals surface area contributed by atoms with E-state index in [0.717, 1.165) is 67.2 Å². The van der Waals surface area contributed by atoms with E-state index in [1.807, 2.05) is 48.8 Å². The molecule has 5 aromatic rings. The minimum atomic E-state index is 0.248. The summed E-state index contributed by atoms with van der Waals surface area (Å²) in [6.45, 7) is 3.10. The molecule has 2 N–H and O–H groups in total. The number of methoxy groups -OCH3 is 1. The smallest absolute Gasteiger partial charge is 0.121 e. The Labute approximate surface area is 229 Å². The summed E-state index contributed by atoms with van der Waals surface area (Å²) in [6, 6.07) is 25.5. The third-order valence-corrected chi connectivity index (χ3v) is 7.47. The molecule has 0 saturated carbocycles. The van der Waals surface area contributed by atoms with Crippen LogP contribution in [-0.2, 0) is 32.6 Å². The predicted molar refractivity (Wildman–Crippen MR) is 153 cm³/mol. The van der Waals surface area contributed by atoms with Gasteiger partial charge in [0.05, 0.1) is 42.1 Å². The van der Waals surface area contributed by atoms with Crippen molar-refractivity contribution in [2.24, 2.45) is 0 Å². The van der Waals surface area contributed by atoms with Crippen molar-refractivity contribution in [3.05, 3.63) is 119 Å². The lowest BCUT2D eigenvalue weighted by atomic mass is 9.90. The quantitative estimate of drug-likeness (QED) is 0.246. The summed E-state index contributed by atoms with van der Waals surface area (Å²) in [5, 5.41) is 3.49. The molecule has 7 nitrogen and oxygen atoms in total. The summed E-state index contributed by atoms with van der Waals surface area (Å²) in [6.07, 6.45) is 7.11. The van der Waals surface area contributed by atoms with Crippen LogP contribution < -0.4 is 10.1 Å². The van der Waals surface area contributed by atoms with E-state index < -0.39 is 0 Å². The number of hydrogen-bond donors (Lipinski definition) is 2. The van der Waals surface area contributed by atoms with E-state index in [1.165, 1.54) is 22.4 Å². The lowest BCUT2D eigenvalue weighted by molar-refractivity contribution is 0.153. The number of benzene rings is 2. The molecule has 1 aliphatic carbocycles. The first kappa shape index (κ1) is 25.2. The number of imidazole rings is 1. The van der Waals surface area contributed by atoms with Gasteiger partial charge in [0, 0.05) is 38.1 Å². The van der Waals surface area contributed by atoms with Crippen LogP contribution in [0.5, 0.6) is 5.75 Å². The van der Waals surface area contributed by atoms with E-state index in [4.69, 9.17) is 14.7 Å². The van der Waals surface area contributed by atoms with Crippen molar-refractivity contribution in [3.8, 4) is 5.75 Å². The topological polar surface area (TPSA) is 79.0 Å². The molecule has 0 fully saturated rings. The molecule has 3 heterocycles. The number of H-pyrrole nitrogens is 1. The largest absolute Gasteiger partial charge is 0.497 e. The Hall–Kier alpha value is -4.07. The van der Waals surface area contributed by atoms with Gasteiger partial charge < -0.3 is 15.0 Å². The molecule has 0 bridgehead atoms. The maximum atomic E-state index is 5.41. The Bertz CT molecular complexity index is 1520. The molecular weight excluding hydrogens is 484 g/mol. The van der Waals surface area contributed by atoms with Gasteiger partial charge in [-0.15, -0.1) is 0 Å². The van der Waals surface area contributed by atoms with E-state index in [-0.39, 0.29) is 6.04 Å². The lowest BCUT2D eigenvalue weighted by Crippen LogP contribution is -2.31. The number of nitrogens with zero attached hydrogens (tertiary/aromatic N) is 4. The fourth-order valence-electron chi connectivity index (χ4n) is 5.49. The van der Waals surface area contributed by atoms with E-state index >= 15 is 0 Å². The number of ether oxygens (including phenoxy) is 1. The number of pyridine rings is 2. The van der Waals surface area contributed by atoms with Gasteiger partial charge in [-0.25, -0.2) is 4.98 Å². The second-order valence-corrected chi connectivity index (χ2v) is 10.2. The summed E-state index contributed by atoms with van der Waals surface area (Å²) in [7, 11) is 1.69. The number of aromatic amines is 1. The molecule has 2 aromatic carbocycles. The molecule has 3 aromatic heterocycles. The van der Waals surface area contributed by atoms with Crippen molar-refractivity contribution < 1.29 is 4.74 Å². The van der Waals surface area contributed by atoms with Gasteiger partial charge in [-0.05, 0) is 66.3 Å². The van der Waals surface area contributed by atoms with Crippen LogP contribution in [0.3, 0.4) is 0 Å². The highest BCUT2D eigenvalue weighted by molar-refractivity contribution is 5.76. The molecule has 0 aliphatic heterocycles. The van der Waals surface area contributed by atoms with Crippen molar-refractivity contribution in [3.63, 3.8) is 0 Å². The van der Waals surface area contributed by atoms with Crippen molar-refractivity contribution in [2.75, 3.05) is 7.11 Å². The number of nitrogens with one attached hydrogen (secondary N) is 2. The van der Waals surface area contributed by atoms with Crippen molar-refractivity contribution in [2.45, 2.75) is 51.5 Å². The van der Waals surface area contributed by atoms with Crippen molar-refractivity contribution in [1.29, 1.82) is 0 Å². The Balaban J connectivity index is 1.20. The maximum absolute atomic E-state index is 5.41. The summed E-state index contributed by atoms with van der Waals surface area (Å²) >= 11 is 0. The van der Waals surface area contributed by atoms with Gasteiger partial charge in [0.25, 0.3) is 0 Å². The first-order valence-corrected chi connectivity index (χ1v) is 13.6. The van der Waals surface area contributed by atoms with E-state index in [9.17, 15) is 0 Å². The molecule has 1 aliphatic rings. The minimum Gasteiger partial charge on any atom is -0.497 e. The zero-order valence-corrected chi connectivity index (χ0v) is 22.3. The van der Waals surface area contributed by atoms with Gasteiger partial charge in [-0.1, -0.05) is 36.4 Å². The molecule has 1 unspecified atom stereocenters. The summed E-state index contributed by atoms with van der Waals surface area (Å²) in [5.74, 6) is 1.78. The molecule has 0 radical (unpaired) electrons. The summed E-state index contributed by atoms with van der Waals surface area (Å²) in [4.78, 5) is 20.2. The fourth-order valence-corrected chi connectivity index (χ4v) is 5.49. The van der Waals surface area contributed by atoms with Gasteiger partial charge in [0.1, 0.15) is 11.6 Å². The zero-order valence-electron chi connectivity index (χ0n) is 22.3. The molecule has 0 amide bonds. The van der Waals surface area contributed by atoms with Crippen LogP contribution in [0.4, 0.5) is 0 Å². The zero-order chi connectivity index (χ0) is 26.4. The normalized spacial score (nSPS) is 15.0. The highest BCUT2D eigenvalue weighted by Gasteiger charge is 2.28. The Kier molecular flexibility index (Phi) is 7.61. The third kappa shape index (κ3) is 6.00. The first-order valence-electron chi connectivity index (χ1n) is 13.6. The summed E-state index contributed by atoms with van der Waals surface area (Å²) in [5.41, 5.74) is 8.11. The average molecular weight is 519 g/mol. The molecule has 198 valence electrons. The molecule has 39 heavy (non-hydrogen) atoms. The standard InChI is InChI=1S/C32H34N6O/c1-39-27-14-15-28-29(18-27)37-31(36-28)22-38(30-9-4-6-25-7-5-17-35-32(25)30)21-24-12-10-23(11-13-24)19-33-20-26-8-2-3-16-34-26/h2-3,5,7-8,10-18,30,33H,4,6,9,19-22H2,1H3,(H,36,37). The fraction of sp³-hybridized carbons (Fsp3) is 0.281. The van der Waals surface area contributed by atoms with E-state index in [0.29, 0.717) is 6.54 Å². The maximum Gasteiger partial charge on any atom is 0.121 e. The van der Waals surface area contributed by atoms with Gasteiger partial charge in [-0.3, -0.25) is 14.9 Å². The summed E-state index contributed by atoms with van der Waals surface area (Å²) < 4.78 is 5.41. The molecule has 7 heteroatoms. The molecule has 1 atom stereocenters. The van der Waals surface area contributed by atoms with Crippen LogP contribution in [0.1, 0.15) is 52.8 Å². The molecule has 0 saturated heterocycles. The number of aromatic nitrogens is 4. The second-order valence-electron chi connectivity index (χ2n) is 10.2. The van der Waals surface area contributed by atoms with Crippen LogP contribution >= 0.6 is 0 Å². The molecule has 0 spiro atoms. The van der Waals surface area contributed by atoms with Gasteiger partial charge in [0.2, 0.25) is 0 Å². The van der Waals surface area contributed by atoms with Crippen LogP contribution in [0, 0.1) is 0 Å². The SMILES string of the molecule is COc1ccc2nc(CN(Cc3ccc(CNCc4ccccn4)cc3)C3CCCc4cccnc43)[nH]c2c1. The Morgan fingerprint density at radius 2 is 1.79 bits per heavy atom. The minimum absolute atomic E-state index is 0.248. The molecular formula is C32H34N6O. The van der Waals surface area contributed by atoms with Crippen LogP contribution in [0.25, 0.3) is 11.0 Å². The van der Waals surface area contributed by atoms with Crippen LogP contribution in [0.15, 0.2) is 85.2 Å². The van der Waals surface area contributed by atoms with Crippen molar-refractivity contribution in [1.82, 2.24) is 30.2 Å². The number of fused-ring (bicyclic) bond motifs is 2. The molecule has 6 rings (SSSR count). The lowest BCUT2D eigenvalue weighted by Gasteiger charge is -2.34. The van der Waals surface area contributed by atoms with E-state index in [1.54, 1.807) is 7.11 Å². The highest BCUT2D eigenvalue weighted by Crippen LogP contribution is 2.35. The van der Waals surface area contributed by atoms with E-state index in [2.05, 4.69) is 56.6 Å². The number of hydrogen-bond acceptors (Lipinski definition) is 6. The monoisotopic (exact) mass is 518 g/mol. The number of rotatable bonds is 10. The van der Waals surface area contributed by atoms with Crippen LogP contribution in [-0.4, -0.2) is 31.9 Å². The van der Waals surface area contributed by atoms with Gasteiger partial charge in [0.15, 0.2) is 0 Å². The van der Waals surface area contributed by atoms with Crippen molar-refractivity contribution >= 4 is 11.0 Å². The number of aryl methyl sites for hydroxylation is 1. The Morgan fingerprint density at radius 1 is 0.923 bits per heavy atom. The van der Waals surface area contributed by atoms with Gasteiger partial charge >= 0.3 is 0 Å². The third-order valence-electron chi connectivity index (χ3n) is 7.47. The average Bonchev–Trinajstić information content (AvgIpc) is 3.39. The van der Waals surface area contributed by atoms with Gasteiger partial charge in [-0.2, -0.15) is 0 Å². The predicted octanol–water partition coefficient (Wildman–Crippen LogP) is 5.73. The highest BCUT2D eigenvalue weighted by atomic mass is 16.5.